The van der Waals surface area contributed by atoms with Crippen LogP contribution in [0, 0.1) is 0 Å². The second-order valence-corrected chi connectivity index (χ2v) is 6.22. The summed E-state index contributed by atoms with van der Waals surface area (Å²) in [7, 11) is 2.23. The van der Waals surface area contributed by atoms with E-state index < -0.39 is 9.80 Å². The van der Waals surface area contributed by atoms with Crippen molar-refractivity contribution in [2.45, 2.75) is 4.21 Å². The lowest BCUT2D eigenvalue weighted by Crippen LogP contribution is -1.84. The second-order valence-electron chi connectivity index (χ2n) is 1.54. The molecule has 0 bridgehead atoms. The molecule has 0 spiro atoms. The smallest absolute Gasteiger partial charge is 0.142 e. The lowest BCUT2D eigenvalue weighted by Gasteiger charge is -2.20. The Balaban J connectivity index is 3.05. The van der Waals surface area contributed by atoms with Gasteiger partial charge in [0, 0.05) is 10.7 Å². The van der Waals surface area contributed by atoms with Gasteiger partial charge in [0.05, 0.1) is 4.47 Å². The lowest BCUT2D eigenvalue weighted by atomic mass is 10.7. The van der Waals surface area contributed by atoms with Crippen LogP contribution in [-0.4, -0.2) is 9.11 Å². The number of rotatable bonds is 1. The highest BCUT2D eigenvalue weighted by Crippen LogP contribution is 2.57. The summed E-state index contributed by atoms with van der Waals surface area (Å²) in [6.45, 7) is 0. The fourth-order valence-electron chi connectivity index (χ4n) is 0.465. The maximum Gasteiger partial charge on any atom is 0.142 e. The molecule has 0 aromatic carbocycles. The first-order chi connectivity index (χ1) is 4.52. The Morgan fingerprint density at radius 2 is 2.20 bits per heavy atom. The van der Waals surface area contributed by atoms with Crippen molar-refractivity contribution in [3.63, 3.8) is 0 Å². The molecule has 0 atom stereocenters. The predicted molar refractivity (Wildman–Crippen MR) is 49.0 cm³/mol. The van der Waals surface area contributed by atoms with Crippen LogP contribution < -0.4 is 0 Å². The van der Waals surface area contributed by atoms with Crippen LogP contribution in [0.5, 0.6) is 0 Å². The van der Waals surface area contributed by atoms with Crippen LogP contribution in [0.25, 0.3) is 0 Å². The summed E-state index contributed by atoms with van der Waals surface area (Å²) in [6.07, 6.45) is 0. The van der Waals surface area contributed by atoms with Gasteiger partial charge >= 0.3 is 0 Å². The third-order valence-corrected chi connectivity index (χ3v) is 5.13. The lowest BCUT2D eigenvalue weighted by molar-refractivity contribution is 0.509. The molecular formula is C4H4BrClO2S2. The van der Waals surface area contributed by atoms with Gasteiger partial charge in [-0.15, -0.1) is 11.3 Å². The zero-order valence-electron chi connectivity index (χ0n) is 4.62. The summed E-state index contributed by atoms with van der Waals surface area (Å²) in [5.74, 6) is 0. The van der Waals surface area contributed by atoms with E-state index >= 15 is 0 Å². The molecule has 0 fully saturated rings. The number of hydrogen-bond donors (Lipinski definition) is 2. The van der Waals surface area contributed by atoms with Crippen LogP contribution in [0.15, 0.2) is 20.1 Å². The van der Waals surface area contributed by atoms with Crippen molar-refractivity contribution in [3.8, 4) is 0 Å². The summed E-state index contributed by atoms with van der Waals surface area (Å²) < 4.78 is 18.9. The molecule has 0 unspecified atom stereocenters. The van der Waals surface area contributed by atoms with Gasteiger partial charge < -0.3 is 0 Å². The minimum Gasteiger partial charge on any atom is -0.280 e. The topological polar surface area (TPSA) is 40.5 Å². The van der Waals surface area contributed by atoms with Gasteiger partial charge in [-0.2, -0.15) is 0 Å². The molecule has 1 aromatic heterocycles. The molecule has 58 valence electrons. The van der Waals surface area contributed by atoms with Crippen molar-refractivity contribution in [3.05, 3.63) is 15.9 Å². The molecule has 2 nitrogen and oxygen atoms in total. The maximum absolute atomic E-state index is 8.94. The normalized spacial score (nSPS) is 13.6. The van der Waals surface area contributed by atoms with Crippen LogP contribution in [-0.2, 0) is 0 Å². The molecule has 0 aliphatic carbocycles. The molecular weight excluding hydrogens is 260 g/mol. The molecule has 0 aliphatic rings. The molecule has 1 rings (SSSR count). The fraction of sp³-hybridized carbons (Fsp3) is 0. The van der Waals surface area contributed by atoms with Crippen molar-refractivity contribution < 1.29 is 9.11 Å². The van der Waals surface area contributed by atoms with E-state index in [-0.39, 0.29) is 0 Å². The van der Waals surface area contributed by atoms with Gasteiger partial charge in [-0.25, -0.2) is 0 Å². The summed E-state index contributed by atoms with van der Waals surface area (Å²) in [6, 6.07) is 1.72. The van der Waals surface area contributed by atoms with Crippen molar-refractivity contribution in [1.29, 1.82) is 0 Å². The van der Waals surface area contributed by atoms with Crippen LogP contribution in [0.1, 0.15) is 0 Å². The molecule has 0 radical (unpaired) electrons. The average Bonchev–Trinajstić information content (AvgIpc) is 2.11. The molecule has 10 heavy (non-hydrogen) atoms. The molecule has 0 amide bonds. The minimum atomic E-state index is -3.05. The van der Waals surface area contributed by atoms with Gasteiger partial charge in [0.15, 0.2) is 0 Å². The first kappa shape index (κ1) is 8.83. The molecule has 0 saturated heterocycles. The Morgan fingerprint density at radius 3 is 2.40 bits per heavy atom. The van der Waals surface area contributed by atoms with Crippen molar-refractivity contribution in [2.24, 2.45) is 0 Å². The SMILES string of the molecule is OS(O)(Cl)c1sccc1Br. The average molecular weight is 264 g/mol. The third kappa shape index (κ3) is 1.87. The predicted octanol–water partition coefficient (Wildman–Crippen LogP) is 3.77. The number of halogens is 2. The highest BCUT2D eigenvalue weighted by atomic mass is 79.9. The minimum absolute atomic E-state index is 0.383. The van der Waals surface area contributed by atoms with E-state index in [2.05, 4.69) is 15.9 Å². The molecule has 6 heteroatoms. The van der Waals surface area contributed by atoms with Crippen molar-refractivity contribution in [1.82, 2.24) is 0 Å². The first-order valence-corrected chi connectivity index (χ1v) is 6.27. The number of hydrogen-bond acceptors (Lipinski definition) is 3. The fourth-order valence-corrected chi connectivity index (χ4v) is 4.07. The van der Waals surface area contributed by atoms with E-state index in [4.69, 9.17) is 19.8 Å². The van der Waals surface area contributed by atoms with Gasteiger partial charge in [0.2, 0.25) is 0 Å². The number of thiophene rings is 1. The summed E-state index contributed by atoms with van der Waals surface area (Å²) in [5, 5.41) is 1.73. The third-order valence-electron chi connectivity index (χ3n) is 0.820. The quantitative estimate of drug-likeness (QED) is 0.809. The summed E-state index contributed by atoms with van der Waals surface area (Å²) in [4.78, 5) is 0. The first-order valence-electron chi connectivity index (χ1n) is 2.22. The van der Waals surface area contributed by atoms with Gasteiger partial charge in [-0.3, -0.25) is 9.11 Å². The van der Waals surface area contributed by atoms with Gasteiger partial charge in [0.25, 0.3) is 0 Å². The molecule has 1 heterocycles. The van der Waals surface area contributed by atoms with Crippen LogP contribution in [0.2, 0.25) is 0 Å². The Bertz CT molecular complexity index is 231. The largest absolute Gasteiger partial charge is 0.280 e. The van der Waals surface area contributed by atoms with Crippen LogP contribution in [0.3, 0.4) is 0 Å². The highest BCUT2D eigenvalue weighted by Gasteiger charge is 2.16. The molecule has 1 aromatic rings. The Labute approximate surface area is 76.8 Å². The maximum atomic E-state index is 8.94. The van der Waals surface area contributed by atoms with Crippen molar-refractivity contribution in [2.75, 3.05) is 0 Å². The van der Waals surface area contributed by atoms with Crippen LogP contribution in [0.4, 0.5) is 0 Å². The van der Waals surface area contributed by atoms with E-state index in [1.807, 2.05) is 0 Å². The Kier molecular flexibility index (Phi) is 2.65. The van der Waals surface area contributed by atoms with Crippen LogP contribution >= 0.6 is 47.8 Å². The second kappa shape index (κ2) is 3.00. The van der Waals surface area contributed by atoms with Gasteiger partial charge in [-0.05, 0) is 27.4 Å². The zero-order chi connectivity index (χ0) is 7.78. The summed E-state index contributed by atoms with van der Waals surface area (Å²) >= 11 is 4.34. The molecule has 0 saturated carbocycles. The van der Waals surface area contributed by atoms with Gasteiger partial charge in [-0.1, -0.05) is 9.80 Å². The monoisotopic (exact) mass is 262 g/mol. The summed E-state index contributed by atoms with van der Waals surface area (Å²) in [5.41, 5.74) is 0. The van der Waals surface area contributed by atoms with Gasteiger partial charge in [0.1, 0.15) is 4.21 Å². The molecule has 0 aliphatic heterocycles. The van der Waals surface area contributed by atoms with E-state index in [1.54, 1.807) is 11.4 Å². The standard InChI is InChI=1S/C4H4BrClO2S2/c5-3-1-2-9-4(3)10(6,7)8/h1-2,7-8H. The van der Waals surface area contributed by atoms with Crippen molar-refractivity contribution >= 4 is 47.8 Å². The van der Waals surface area contributed by atoms with E-state index in [0.717, 1.165) is 0 Å². The molecule has 2 N–H and O–H groups in total. The van der Waals surface area contributed by atoms with E-state index in [1.165, 1.54) is 11.3 Å². The van der Waals surface area contributed by atoms with E-state index in [9.17, 15) is 0 Å². The highest BCUT2D eigenvalue weighted by molar-refractivity contribution is 9.10. The Hall–Kier alpha value is 0.740. The Morgan fingerprint density at radius 1 is 1.60 bits per heavy atom. The van der Waals surface area contributed by atoms with E-state index in [0.29, 0.717) is 8.68 Å². The zero-order valence-corrected chi connectivity index (χ0v) is 8.60.